The highest BCUT2D eigenvalue weighted by molar-refractivity contribution is 5.21. The summed E-state index contributed by atoms with van der Waals surface area (Å²) in [7, 11) is 0. The summed E-state index contributed by atoms with van der Waals surface area (Å²) in [5.74, 6) is 0.600. The molecule has 0 heterocycles. The Hall–Kier alpha value is -0.860. The molecular formula is C18H32O2. The molecule has 0 bridgehead atoms. The van der Waals surface area contributed by atoms with E-state index in [1.807, 2.05) is 12.2 Å². The van der Waals surface area contributed by atoms with Gasteiger partial charge < -0.3 is 9.84 Å². The van der Waals surface area contributed by atoms with E-state index >= 15 is 0 Å². The lowest BCUT2D eigenvalue weighted by Gasteiger charge is -2.37. The molecule has 1 aliphatic carbocycles. The molecule has 0 aromatic heterocycles. The second-order valence-electron chi connectivity index (χ2n) is 5.46. The molecule has 0 saturated carbocycles. The minimum Gasteiger partial charge on any atom is -0.389 e. The van der Waals surface area contributed by atoms with Crippen LogP contribution in [0, 0.1) is 11.8 Å². The predicted molar refractivity (Wildman–Crippen MR) is 87.8 cm³/mol. The number of hydrogen-bond donors (Lipinski definition) is 1. The quantitative estimate of drug-likeness (QED) is 0.422. The first-order valence-electron chi connectivity index (χ1n) is 7.39. The number of unbranched alkanes of at least 4 members (excludes halogenated alkanes) is 1. The van der Waals surface area contributed by atoms with E-state index < -0.39 is 0 Å². The van der Waals surface area contributed by atoms with Gasteiger partial charge in [-0.2, -0.15) is 0 Å². The zero-order valence-electron chi connectivity index (χ0n) is 12.5. The Labute approximate surface area is 125 Å². The lowest BCUT2D eigenvalue weighted by molar-refractivity contribution is -0.0111. The van der Waals surface area contributed by atoms with Crippen molar-refractivity contribution in [2.45, 2.75) is 59.7 Å². The second-order valence-corrected chi connectivity index (χ2v) is 5.46. The summed E-state index contributed by atoms with van der Waals surface area (Å²) in [5.41, 5.74) is 1.20. The zero-order chi connectivity index (χ0) is 14.3. The van der Waals surface area contributed by atoms with Gasteiger partial charge in [-0.3, -0.25) is 0 Å². The maximum Gasteiger partial charge on any atom is 0.0818 e. The first-order chi connectivity index (χ1) is 9.11. The Morgan fingerprint density at radius 1 is 1.35 bits per heavy atom. The van der Waals surface area contributed by atoms with Gasteiger partial charge in [-0.25, -0.2) is 0 Å². The van der Waals surface area contributed by atoms with Gasteiger partial charge in [0, 0.05) is 6.61 Å². The summed E-state index contributed by atoms with van der Waals surface area (Å²) in [4.78, 5) is 0. The highest BCUT2D eigenvalue weighted by Crippen LogP contribution is 2.33. The topological polar surface area (TPSA) is 29.5 Å². The number of rotatable bonds is 7. The lowest BCUT2D eigenvalue weighted by atomic mass is 9.77. The molecule has 4 atom stereocenters. The van der Waals surface area contributed by atoms with Crippen LogP contribution in [0.4, 0.5) is 0 Å². The molecule has 0 aliphatic heterocycles. The molecule has 0 saturated heterocycles. The van der Waals surface area contributed by atoms with Gasteiger partial charge in [0.05, 0.1) is 12.2 Å². The average Bonchev–Trinajstić information content (AvgIpc) is 2.40. The van der Waals surface area contributed by atoms with Gasteiger partial charge in [0.2, 0.25) is 0 Å². The van der Waals surface area contributed by atoms with Crippen molar-refractivity contribution in [2.75, 3.05) is 6.61 Å². The van der Waals surface area contributed by atoms with Crippen LogP contribution in [0.15, 0.2) is 36.5 Å². The van der Waals surface area contributed by atoms with Crippen molar-refractivity contribution >= 4 is 0 Å². The summed E-state index contributed by atoms with van der Waals surface area (Å²) in [6.07, 6.45) is 10.6. The van der Waals surface area contributed by atoms with Gasteiger partial charge in [-0.1, -0.05) is 65.5 Å². The number of aliphatic hydroxyl groups excluding tert-OH is 1. The van der Waals surface area contributed by atoms with Crippen molar-refractivity contribution < 1.29 is 9.84 Å². The summed E-state index contributed by atoms with van der Waals surface area (Å²) in [5, 5.41) is 10.1. The van der Waals surface area contributed by atoms with Crippen molar-refractivity contribution in [2.24, 2.45) is 11.8 Å². The van der Waals surface area contributed by atoms with E-state index in [0.717, 1.165) is 25.9 Å². The van der Waals surface area contributed by atoms with Gasteiger partial charge >= 0.3 is 0 Å². The smallest absolute Gasteiger partial charge is 0.0818 e. The summed E-state index contributed by atoms with van der Waals surface area (Å²) >= 11 is 0. The van der Waals surface area contributed by atoms with Gasteiger partial charge in [0.25, 0.3) is 0 Å². The molecule has 20 heavy (non-hydrogen) atoms. The van der Waals surface area contributed by atoms with Crippen LogP contribution in [0.1, 0.15) is 47.5 Å². The normalized spacial score (nSPS) is 29.9. The Kier molecular flexibility index (Phi) is 9.52. The summed E-state index contributed by atoms with van der Waals surface area (Å²) < 4.78 is 6.06. The molecule has 1 N–H and O–H groups in total. The molecule has 4 unspecified atom stereocenters. The summed E-state index contributed by atoms with van der Waals surface area (Å²) in [6.45, 7) is 10.9. The Bertz CT molecular complexity index is 330. The minimum atomic E-state index is -0.354. The molecule has 0 radical (unpaired) electrons. The number of aliphatic hydroxyl groups is 1. The third-order valence-corrected chi connectivity index (χ3v) is 4.02. The number of ether oxygens (including phenoxy) is 1. The fourth-order valence-electron chi connectivity index (χ4n) is 2.49. The van der Waals surface area contributed by atoms with E-state index in [4.69, 9.17) is 4.74 Å². The largest absolute Gasteiger partial charge is 0.389 e. The van der Waals surface area contributed by atoms with Crippen LogP contribution in [0.25, 0.3) is 0 Å². The van der Waals surface area contributed by atoms with Crippen LogP contribution >= 0.6 is 0 Å². The molecule has 1 rings (SSSR count). The Balaban J connectivity index is 0.00000361. The van der Waals surface area contributed by atoms with E-state index in [9.17, 15) is 5.11 Å². The van der Waals surface area contributed by atoms with E-state index in [1.54, 1.807) is 6.08 Å². The van der Waals surface area contributed by atoms with Crippen molar-refractivity contribution in [3.63, 3.8) is 0 Å². The molecule has 0 aromatic carbocycles. The van der Waals surface area contributed by atoms with Crippen LogP contribution in [0.2, 0.25) is 0 Å². The van der Waals surface area contributed by atoms with Gasteiger partial charge in [-0.05, 0) is 30.3 Å². The highest BCUT2D eigenvalue weighted by Gasteiger charge is 2.34. The molecule has 0 fully saturated rings. The first kappa shape index (κ1) is 19.1. The van der Waals surface area contributed by atoms with E-state index in [-0.39, 0.29) is 25.6 Å². The van der Waals surface area contributed by atoms with Crippen molar-refractivity contribution in [1.29, 1.82) is 0 Å². The third-order valence-electron chi connectivity index (χ3n) is 4.02. The van der Waals surface area contributed by atoms with Crippen LogP contribution in [0.5, 0.6) is 0 Å². The second kappa shape index (κ2) is 9.95. The van der Waals surface area contributed by atoms with Crippen LogP contribution in [-0.4, -0.2) is 23.9 Å². The van der Waals surface area contributed by atoms with E-state index in [2.05, 4.69) is 33.4 Å². The van der Waals surface area contributed by atoms with Crippen LogP contribution in [-0.2, 0) is 4.74 Å². The van der Waals surface area contributed by atoms with Crippen LogP contribution < -0.4 is 0 Å². The molecule has 2 heteroatoms. The zero-order valence-corrected chi connectivity index (χ0v) is 12.5. The van der Waals surface area contributed by atoms with E-state index in [1.165, 1.54) is 5.57 Å². The van der Waals surface area contributed by atoms with Crippen LogP contribution in [0.3, 0.4) is 0 Å². The van der Waals surface area contributed by atoms with E-state index in [0.29, 0.717) is 5.92 Å². The maximum atomic E-state index is 10.1. The molecule has 1 aliphatic rings. The third kappa shape index (κ3) is 5.26. The monoisotopic (exact) mass is 280 g/mol. The molecule has 2 nitrogen and oxygen atoms in total. The minimum absolute atomic E-state index is 0. The molecule has 0 spiro atoms. The molecular weight excluding hydrogens is 248 g/mol. The lowest BCUT2D eigenvalue weighted by Crippen LogP contribution is -2.38. The average molecular weight is 280 g/mol. The number of allylic oxidation sites excluding steroid dienone is 3. The summed E-state index contributed by atoms with van der Waals surface area (Å²) in [6, 6.07) is 0. The van der Waals surface area contributed by atoms with Gasteiger partial charge in [-0.15, -0.1) is 0 Å². The first-order valence-corrected chi connectivity index (χ1v) is 7.39. The maximum absolute atomic E-state index is 10.1. The van der Waals surface area contributed by atoms with Crippen molar-refractivity contribution in [3.05, 3.63) is 36.5 Å². The predicted octanol–water partition coefficient (Wildman–Crippen LogP) is 4.51. The van der Waals surface area contributed by atoms with Crippen molar-refractivity contribution in [1.82, 2.24) is 0 Å². The standard InChI is InChI=1S/C17H28O2.CH4/c1-5-7-9-10-15-12-16(18)13(3)14(4)17(15)19-11-8-6-2;/h5,7,9,12-14,16-18H,1,6,8,10-11H2,2-4H3;1H4/b9-7+;. The SMILES string of the molecule is C.C=C/C=C/CC1=CC(O)C(C)C(C)C1OCCCC. The van der Waals surface area contributed by atoms with Crippen molar-refractivity contribution in [3.8, 4) is 0 Å². The molecule has 0 aromatic rings. The molecule has 116 valence electrons. The molecule has 0 amide bonds. The number of hydrogen-bond acceptors (Lipinski definition) is 2. The highest BCUT2D eigenvalue weighted by atomic mass is 16.5. The van der Waals surface area contributed by atoms with Gasteiger partial charge in [0.1, 0.15) is 0 Å². The van der Waals surface area contributed by atoms with Gasteiger partial charge in [0.15, 0.2) is 0 Å². The fraction of sp³-hybridized carbons (Fsp3) is 0.667. The Morgan fingerprint density at radius 2 is 2.05 bits per heavy atom. The Morgan fingerprint density at radius 3 is 2.65 bits per heavy atom. The fourth-order valence-corrected chi connectivity index (χ4v) is 2.49.